The van der Waals surface area contributed by atoms with Crippen LogP contribution in [0.5, 0.6) is 0 Å². The predicted molar refractivity (Wildman–Crippen MR) is 82.0 cm³/mol. The first-order valence-electron chi connectivity index (χ1n) is 7.88. The zero-order valence-electron chi connectivity index (χ0n) is 12.9. The van der Waals surface area contributed by atoms with Crippen molar-refractivity contribution in [3.05, 3.63) is 35.9 Å². The summed E-state index contributed by atoms with van der Waals surface area (Å²) in [5.74, 6) is -0.842. The van der Waals surface area contributed by atoms with E-state index in [0.29, 0.717) is 5.92 Å². The summed E-state index contributed by atoms with van der Waals surface area (Å²) in [6, 6.07) is 7.87. The maximum Gasteiger partial charge on any atom is 0.315 e. The highest BCUT2D eigenvalue weighted by Gasteiger charge is 2.24. The van der Waals surface area contributed by atoms with Crippen LogP contribution in [0.2, 0.25) is 0 Å². The third-order valence-electron chi connectivity index (χ3n) is 4.30. The van der Waals surface area contributed by atoms with Gasteiger partial charge in [-0.05, 0) is 30.7 Å². The quantitative estimate of drug-likeness (QED) is 0.858. The van der Waals surface area contributed by atoms with E-state index in [0.717, 1.165) is 24.8 Å². The van der Waals surface area contributed by atoms with Gasteiger partial charge in [0.15, 0.2) is 0 Å². The lowest BCUT2D eigenvalue weighted by Gasteiger charge is -2.30. The maximum atomic E-state index is 12.0. The van der Waals surface area contributed by atoms with Crippen LogP contribution in [0.15, 0.2) is 30.3 Å². The molecule has 5 nitrogen and oxygen atoms in total. The monoisotopic (exact) mass is 303 g/mol. The van der Waals surface area contributed by atoms with Gasteiger partial charge in [0.1, 0.15) is 0 Å². The van der Waals surface area contributed by atoms with Crippen molar-refractivity contribution >= 4 is 12.0 Å². The lowest BCUT2D eigenvalue weighted by Crippen LogP contribution is -2.54. The minimum atomic E-state index is -1.27. The Balaban J connectivity index is 1.90. The van der Waals surface area contributed by atoms with Gasteiger partial charge in [0.05, 0.1) is 12.0 Å². The number of carboxylic acids is 1. The van der Waals surface area contributed by atoms with Crippen LogP contribution in [0.25, 0.3) is 0 Å². The molecule has 3 atom stereocenters. The van der Waals surface area contributed by atoms with E-state index in [1.807, 2.05) is 30.3 Å². The fraction of sp³-hybridized carbons (Fsp3) is 0.529. The van der Waals surface area contributed by atoms with E-state index in [1.54, 1.807) is 0 Å². The number of nitrogens with one attached hydrogen (secondary N) is 2. The van der Waals surface area contributed by atoms with Crippen LogP contribution in [-0.4, -0.2) is 24.1 Å². The minimum Gasteiger partial charge on any atom is -0.548 e. The van der Waals surface area contributed by atoms with Crippen molar-refractivity contribution in [2.75, 3.05) is 0 Å². The van der Waals surface area contributed by atoms with Crippen molar-refractivity contribution in [1.29, 1.82) is 0 Å². The first kappa shape index (κ1) is 16.3. The van der Waals surface area contributed by atoms with Crippen molar-refractivity contribution < 1.29 is 14.7 Å². The summed E-state index contributed by atoms with van der Waals surface area (Å²) in [5.41, 5.74) is 0.850. The lowest BCUT2D eigenvalue weighted by atomic mass is 9.86. The van der Waals surface area contributed by atoms with Gasteiger partial charge < -0.3 is 20.5 Å². The summed E-state index contributed by atoms with van der Waals surface area (Å²) in [6.07, 6.45) is 4.55. The molecule has 1 aliphatic rings. The van der Waals surface area contributed by atoms with E-state index in [2.05, 4.69) is 17.6 Å². The van der Waals surface area contributed by atoms with Gasteiger partial charge in [-0.3, -0.25) is 0 Å². The molecule has 22 heavy (non-hydrogen) atoms. The van der Waals surface area contributed by atoms with Gasteiger partial charge in [-0.2, -0.15) is 0 Å². The summed E-state index contributed by atoms with van der Waals surface area (Å²) in [6.45, 7) is 2.12. The fourth-order valence-corrected chi connectivity index (χ4v) is 2.94. The molecular formula is C17H23N2O3-. The second kappa shape index (κ2) is 7.82. The zero-order chi connectivity index (χ0) is 15.9. The highest BCUT2D eigenvalue weighted by atomic mass is 16.4. The summed E-state index contributed by atoms with van der Waals surface area (Å²) < 4.78 is 0. The first-order chi connectivity index (χ1) is 10.6. The standard InChI is InChI=1S/C17H24N2O3/c1-12-7-5-6-10-14(12)18-17(22)19-15(16(20)21)11-13-8-3-2-4-9-13/h2-4,8-9,12,14-15H,5-7,10-11H2,1H3,(H,20,21)(H2,18,19,22)/p-1/t12-,14-,15-/m0/s1. The average molecular weight is 303 g/mol. The smallest absolute Gasteiger partial charge is 0.315 e. The molecule has 2 rings (SSSR count). The van der Waals surface area contributed by atoms with Crippen molar-refractivity contribution in [1.82, 2.24) is 10.6 Å². The van der Waals surface area contributed by atoms with Crippen molar-refractivity contribution in [2.24, 2.45) is 5.92 Å². The van der Waals surface area contributed by atoms with E-state index < -0.39 is 18.0 Å². The van der Waals surface area contributed by atoms with Crippen LogP contribution in [0.4, 0.5) is 4.79 Å². The number of benzene rings is 1. The number of urea groups is 1. The van der Waals surface area contributed by atoms with Gasteiger partial charge in [0.2, 0.25) is 0 Å². The molecule has 0 radical (unpaired) electrons. The van der Waals surface area contributed by atoms with Crippen LogP contribution >= 0.6 is 0 Å². The van der Waals surface area contributed by atoms with Gasteiger partial charge in [-0.25, -0.2) is 4.79 Å². The summed E-state index contributed by atoms with van der Waals surface area (Å²) in [7, 11) is 0. The Morgan fingerprint density at radius 3 is 2.55 bits per heavy atom. The highest BCUT2D eigenvalue weighted by Crippen LogP contribution is 2.23. The van der Waals surface area contributed by atoms with E-state index >= 15 is 0 Å². The van der Waals surface area contributed by atoms with Crippen molar-refractivity contribution in [3.8, 4) is 0 Å². The molecule has 120 valence electrons. The van der Waals surface area contributed by atoms with Crippen molar-refractivity contribution in [2.45, 2.75) is 51.1 Å². The molecule has 0 saturated heterocycles. The Hall–Kier alpha value is -2.04. The molecule has 0 spiro atoms. The summed E-state index contributed by atoms with van der Waals surface area (Å²) in [5, 5.41) is 16.7. The first-order valence-corrected chi connectivity index (χ1v) is 7.88. The second-order valence-electron chi connectivity index (χ2n) is 6.05. The Morgan fingerprint density at radius 1 is 1.23 bits per heavy atom. The number of carbonyl (C=O) groups excluding carboxylic acids is 2. The largest absolute Gasteiger partial charge is 0.548 e. The van der Waals surface area contributed by atoms with Crippen LogP contribution in [0.3, 0.4) is 0 Å². The highest BCUT2D eigenvalue weighted by molar-refractivity contribution is 5.82. The average Bonchev–Trinajstić information content (AvgIpc) is 2.50. The second-order valence-corrected chi connectivity index (χ2v) is 6.05. The van der Waals surface area contributed by atoms with Crippen LogP contribution in [-0.2, 0) is 11.2 Å². The molecule has 2 N–H and O–H groups in total. The third-order valence-corrected chi connectivity index (χ3v) is 4.30. The SMILES string of the molecule is C[C@H]1CCCC[C@@H]1NC(=O)N[C@@H](Cc1ccccc1)C(=O)[O-]. The van der Waals surface area contributed by atoms with E-state index in [-0.39, 0.29) is 12.5 Å². The minimum absolute atomic E-state index is 0.118. The summed E-state index contributed by atoms with van der Waals surface area (Å²) in [4.78, 5) is 23.3. The number of aliphatic carboxylic acids is 1. The number of carbonyl (C=O) groups is 2. The number of hydrogen-bond donors (Lipinski definition) is 2. The molecule has 0 bridgehead atoms. The number of carboxylic acid groups (broad SMARTS) is 1. The summed E-state index contributed by atoms with van der Waals surface area (Å²) >= 11 is 0. The van der Waals surface area contributed by atoms with E-state index in [4.69, 9.17) is 0 Å². The molecule has 1 aromatic carbocycles. The van der Waals surface area contributed by atoms with Crippen LogP contribution in [0.1, 0.15) is 38.2 Å². The number of hydrogen-bond acceptors (Lipinski definition) is 3. The lowest BCUT2D eigenvalue weighted by molar-refractivity contribution is -0.308. The van der Waals surface area contributed by atoms with Gasteiger partial charge in [-0.15, -0.1) is 0 Å². The van der Waals surface area contributed by atoms with Gasteiger partial charge >= 0.3 is 6.03 Å². The molecule has 1 aromatic rings. The third kappa shape index (κ3) is 4.76. The van der Waals surface area contributed by atoms with Gasteiger partial charge in [0, 0.05) is 6.04 Å². The van der Waals surface area contributed by atoms with Gasteiger partial charge in [-0.1, -0.05) is 50.1 Å². The molecule has 5 heteroatoms. The van der Waals surface area contributed by atoms with Crippen molar-refractivity contribution in [3.63, 3.8) is 0 Å². The van der Waals surface area contributed by atoms with Crippen LogP contribution in [0, 0.1) is 5.92 Å². The number of amides is 2. The van der Waals surface area contributed by atoms with E-state index in [9.17, 15) is 14.7 Å². The van der Waals surface area contributed by atoms with Gasteiger partial charge in [0.25, 0.3) is 0 Å². The molecule has 0 aliphatic heterocycles. The topological polar surface area (TPSA) is 81.3 Å². The van der Waals surface area contributed by atoms with Crippen LogP contribution < -0.4 is 15.7 Å². The molecule has 2 amide bonds. The molecule has 0 unspecified atom stereocenters. The fourth-order valence-electron chi connectivity index (χ4n) is 2.94. The molecule has 0 aromatic heterocycles. The van der Waals surface area contributed by atoms with E-state index in [1.165, 1.54) is 6.42 Å². The maximum absolute atomic E-state index is 12.0. The molecule has 1 fully saturated rings. The molecular weight excluding hydrogens is 280 g/mol. The molecule has 1 aliphatic carbocycles. The zero-order valence-corrected chi connectivity index (χ0v) is 12.9. The Morgan fingerprint density at radius 2 is 1.91 bits per heavy atom. The number of rotatable bonds is 5. The molecule has 0 heterocycles. The Bertz CT molecular complexity index is 504. The predicted octanol–water partition coefficient (Wildman–Crippen LogP) is 1.23. The Labute approximate surface area is 131 Å². The molecule has 1 saturated carbocycles. The normalized spacial score (nSPS) is 22.6. The Kier molecular flexibility index (Phi) is 5.81.